The predicted octanol–water partition coefficient (Wildman–Crippen LogP) is 3.21. The van der Waals surface area contributed by atoms with E-state index in [4.69, 9.17) is 10.3 Å². The first kappa shape index (κ1) is 23.3. The van der Waals surface area contributed by atoms with Crippen LogP contribution in [0, 0.1) is 0 Å². The second kappa shape index (κ2) is 10.3. The van der Waals surface area contributed by atoms with Crippen LogP contribution < -0.4 is 5.19 Å². The van der Waals surface area contributed by atoms with Crippen molar-refractivity contribution < 1.29 is 23.9 Å². The highest BCUT2D eigenvalue weighted by Crippen LogP contribution is 2.31. The van der Waals surface area contributed by atoms with E-state index in [-0.39, 0.29) is 42.7 Å². The Morgan fingerprint density at radius 3 is 2.38 bits per heavy atom. The van der Waals surface area contributed by atoms with Gasteiger partial charge in [-0.3, -0.25) is 9.59 Å². The summed E-state index contributed by atoms with van der Waals surface area (Å²) in [6.07, 6.45) is 0.848. The SMILES string of the molecule is C[Si](C)(c1ccccc1)[C@@H](CC(=O)C=[N+]=[N-])CC(=O)N1C(=O)OC[C@@H]1Cc1ccccc1. The van der Waals surface area contributed by atoms with Crippen LogP contribution in [-0.2, 0) is 20.7 Å². The summed E-state index contributed by atoms with van der Waals surface area (Å²) in [5, 5.41) is 1.11. The lowest BCUT2D eigenvalue weighted by atomic mass is 10.1. The van der Waals surface area contributed by atoms with Gasteiger partial charge >= 0.3 is 12.3 Å². The Bertz CT molecular complexity index is 1020. The maximum Gasteiger partial charge on any atom is 0.416 e. The van der Waals surface area contributed by atoms with Gasteiger partial charge in [-0.1, -0.05) is 78.9 Å². The van der Waals surface area contributed by atoms with Crippen molar-refractivity contribution >= 4 is 37.3 Å². The summed E-state index contributed by atoms with van der Waals surface area (Å²) in [4.78, 5) is 42.1. The van der Waals surface area contributed by atoms with Gasteiger partial charge < -0.3 is 10.3 Å². The number of hydrogen-bond donors (Lipinski definition) is 0. The average molecular weight is 450 g/mol. The highest BCUT2D eigenvalue weighted by molar-refractivity contribution is 6.91. The molecule has 1 heterocycles. The number of carbonyl (C=O) groups is 3. The number of imide groups is 1. The Labute approximate surface area is 188 Å². The molecule has 1 fully saturated rings. The monoisotopic (exact) mass is 449 g/mol. The molecule has 1 saturated heterocycles. The Kier molecular flexibility index (Phi) is 7.51. The lowest BCUT2D eigenvalue weighted by Gasteiger charge is -2.33. The van der Waals surface area contributed by atoms with Crippen LogP contribution in [0.25, 0.3) is 5.53 Å². The Morgan fingerprint density at radius 1 is 1.12 bits per heavy atom. The van der Waals surface area contributed by atoms with E-state index in [2.05, 4.69) is 17.9 Å². The molecule has 1 aliphatic rings. The van der Waals surface area contributed by atoms with Gasteiger partial charge in [0.05, 0.1) is 14.1 Å². The standard InChI is InChI=1S/C24H27N3O4Si/c1-32(2,21-11-7-4-8-12-21)22(14-20(28)16-26-25)15-23(29)27-19(17-31-24(27)30)13-18-9-5-3-6-10-18/h3-12,16,19,22H,13-15,17H2,1-2H3/t19-,22-/m0/s1. The number of ketones is 1. The first-order valence-corrected chi connectivity index (χ1v) is 13.7. The molecule has 2 atom stereocenters. The van der Waals surface area contributed by atoms with Crippen molar-refractivity contribution in [2.75, 3.05) is 6.61 Å². The molecule has 0 spiro atoms. The number of nitrogens with zero attached hydrogens (tertiary/aromatic N) is 3. The summed E-state index contributed by atoms with van der Waals surface area (Å²) in [6.45, 7) is 4.36. The number of ether oxygens (including phenoxy) is 1. The fourth-order valence-corrected chi connectivity index (χ4v) is 7.08. The largest absolute Gasteiger partial charge is 0.447 e. The molecule has 3 rings (SSSR count). The molecule has 166 valence electrons. The minimum Gasteiger partial charge on any atom is -0.447 e. The molecule has 0 radical (unpaired) electrons. The number of benzene rings is 2. The molecular formula is C24H27N3O4Si. The van der Waals surface area contributed by atoms with Crippen LogP contribution in [0.4, 0.5) is 4.79 Å². The van der Waals surface area contributed by atoms with E-state index in [0.29, 0.717) is 6.42 Å². The van der Waals surface area contributed by atoms with Gasteiger partial charge in [0.15, 0.2) is 0 Å². The number of amides is 2. The van der Waals surface area contributed by atoms with Crippen LogP contribution in [0.3, 0.4) is 0 Å². The highest BCUT2D eigenvalue weighted by Gasteiger charge is 2.42. The van der Waals surface area contributed by atoms with Crippen molar-refractivity contribution in [1.29, 1.82) is 0 Å². The van der Waals surface area contributed by atoms with Crippen molar-refractivity contribution in [1.82, 2.24) is 4.90 Å². The molecule has 2 aromatic rings. The second-order valence-corrected chi connectivity index (χ2v) is 13.4. The van der Waals surface area contributed by atoms with Crippen LogP contribution in [0.5, 0.6) is 0 Å². The van der Waals surface area contributed by atoms with E-state index in [1.807, 2.05) is 60.7 Å². The summed E-state index contributed by atoms with van der Waals surface area (Å²) in [5.41, 5.74) is 9.49. The third-order valence-corrected chi connectivity index (χ3v) is 10.4. The van der Waals surface area contributed by atoms with Gasteiger partial charge in [0.1, 0.15) is 6.61 Å². The Balaban J connectivity index is 1.83. The molecule has 0 aromatic heterocycles. The summed E-state index contributed by atoms with van der Waals surface area (Å²) < 4.78 is 5.20. The third kappa shape index (κ3) is 5.46. The summed E-state index contributed by atoms with van der Waals surface area (Å²) in [7, 11) is -2.30. The Hall–Kier alpha value is -3.35. The van der Waals surface area contributed by atoms with E-state index in [1.165, 1.54) is 4.90 Å². The van der Waals surface area contributed by atoms with Crippen molar-refractivity contribution in [2.45, 2.75) is 43.9 Å². The smallest absolute Gasteiger partial charge is 0.416 e. The minimum absolute atomic E-state index is 0.0412. The topological polar surface area (TPSA) is 100 Å². The number of rotatable bonds is 9. The summed E-state index contributed by atoms with van der Waals surface area (Å²) >= 11 is 0. The lowest BCUT2D eigenvalue weighted by Crippen LogP contribution is -2.49. The number of carbonyl (C=O) groups excluding carboxylic acids is 3. The minimum atomic E-state index is -2.30. The molecule has 2 amide bonds. The molecule has 0 saturated carbocycles. The summed E-state index contributed by atoms with van der Waals surface area (Å²) in [5.74, 6) is -0.699. The molecule has 7 nitrogen and oxygen atoms in total. The van der Waals surface area contributed by atoms with Crippen LogP contribution in [-0.4, -0.2) is 54.4 Å². The van der Waals surface area contributed by atoms with Crippen molar-refractivity contribution in [3.05, 3.63) is 71.8 Å². The molecule has 32 heavy (non-hydrogen) atoms. The van der Waals surface area contributed by atoms with Gasteiger partial charge in [0, 0.05) is 12.8 Å². The lowest BCUT2D eigenvalue weighted by molar-refractivity contribution is -0.129. The fourth-order valence-electron chi connectivity index (χ4n) is 4.16. The average Bonchev–Trinajstić information content (AvgIpc) is 3.14. The zero-order valence-electron chi connectivity index (χ0n) is 18.3. The zero-order chi connectivity index (χ0) is 23.1. The normalized spacial score (nSPS) is 16.8. The van der Waals surface area contributed by atoms with Gasteiger partial charge in [-0.15, -0.1) is 0 Å². The van der Waals surface area contributed by atoms with Crippen molar-refractivity contribution in [2.24, 2.45) is 0 Å². The fraction of sp³-hybridized carbons (Fsp3) is 0.333. The maximum absolute atomic E-state index is 13.3. The van der Waals surface area contributed by atoms with E-state index in [0.717, 1.165) is 17.0 Å². The van der Waals surface area contributed by atoms with Gasteiger partial charge in [0.2, 0.25) is 11.7 Å². The van der Waals surface area contributed by atoms with Crippen LogP contribution >= 0.6 is 0 Å². The molecule has 1 aliphatic heterocycles. The Morgan fingerprint density at radius 2 is 1.75 bits per heavy atom. The molecule has 2 aromatic carbocycles. The molecule has 8 heteroatoms. The van der Waals surface area contributed by atoms with Gasteiger partial charge in [-0.25, -0.2) is 9.69 Å². The molecule has 0 aliphatic carbocycles. The number of Topliss-reactive ketones (excluding diaryl/α,β-unsaturated/α-hetero) is 1. The number of hydrogen-bond acceptors (Lipinski definition) is 4. The van der Waals surface area contributed by atoms with Crippen molar-refractivity contribution in [3.8, 4) is 0 Å². The van der Waals surface area contributed by atoms with Gasteiger partial charge in [-0.05, 0) is 17.5 Å². The second-order valence-electron chi connectivity index (χ2n) is 8.59. The third-order valence-electron chi connectivity index (χ3n) is 6.15. The van der Waals surface area contributed by atoms with Crippen molar-refractivity contribution in [3.63, 3.8) is 0 Å². The van der Waals surface area contributed by atoms with Gasteiger partial charge in [0.25, 0.3) is 0 Å². The zero-order valence-corrected chi connectivity index (χ0v) is 19.3. The number of cyclic esters (lactones) is 1. The summed E-state index contributed by atoms with van der Waals surface area (Å²) in [6, 6.07) is 19.1. The van der Waals surface area contributed by atoms with E-state index in [1.54, 1.807) is 0 Å². The molecule has 0 N–H and O–H groups in total. The first-order chi connectivity index (χ1) is 15.3. The first-order valence-electron chi connectivity index (χ1n) is 10.6. The quantitative estimate of drug-likeness (QED) is 0.254. The van der Waals surface area contributed by atoms with Gasteiger partial charge in [-0.2, -0.15) is 4.79 Å². The van der Waals surface area contributed by atoms with E-state index in [9.17, 15) is 14.4 Å². The van der Waals surface area contributed by atoms with E-state index >= 15 is 0 Å². The van der Waals surface area contributed by atoms with Crippen LogP contribution in [0.1, 0.15) is 18.4 Å². The van der Waals surface area contributed by atoms with Crippen LogP contribution in [0.15, 0.2) is 60.7 Å². The highest BCUT2D eigenvalue weighted by atomic mass is 28.3. The molecule has 0 bridgehead atoms. The van der Waals surface area contributed by atoms with E-state index < -0.39 is 14.2 Å². The van der Waals surface area contributed by atoms with Crippen LogP contribution in [0.2, 0.25) is 18.6 Å². The molecule has 0 unspecified atom stereocenters. The maximum atomic E-state index is 13.3. The molecular weight excluding hydrogens is 422 g/mol. The predicted molar refractivity (Wildman–Crippen MR) is 123 cm³/mol.